The van der Waals surface area contributed by atoms with Crippen LogP contribution in [0.1, 0.15) is 50.8 Å². The van der Waals surface area contributed by atoms with Crippen LogP contribution in [0.3, 0.4) is 0 Å². The lowest BCUT2D eigenvalue weighted by Crippen LogP contribution is -2.36. The largest absolute Gasteiger partial charge is 0.348 e. The lowest BCUT2D eigenvalue weighted by molar-refractivity contribution is -0.128. The molecule has 10 heteroatoms. The highest BCUT2D eigenvalue weighted by Gasteiger charge is 2.25. The number of thioether (sulfide) groups is 2. The van der Waals surface area contributed by atoms with Crippen molar-refractivity contribution in [3.05, 3.63) is 35.4 Å². The third-order valence-corrected chi connectivity index (χ3v) is 7.40. The van der Waals surface area contributed by atoms with Crippen molar-refractivity contribution in [3.63, 3.8) is 0 Å². The number of amides is 2. The van der Waals surface area contributed by atoms with Crippen LogP contribution < -0.4 is 11.2 Å². The summed E-state index contributed by atoms with van der Waals surface area (Å²) in [4.78, 5) is 26.8. The van der Waals surface area contributed by atoms with E-state index in [9.17, 15) is 9.59 Å². The minimum absolute atomic E-state index is 0.0349. The molecule has 0 spiro atoms. The molecule has 8 nitrogen and oxygen atoms in total. The van der Waals surface area contributed by atoms with Gasteiger partial charge in [0, 0.05) is 13.1 Å². The van der Waals surface area contributed by atoms with Gasteiger partial charge in [-0.15, -0.1) is 10.2 Å². The van der Waals surface area contributed by atoms with Crippen molar-refractivity contribution in [2.45, 2.75) is 61.6 Å². The summed E-state index contributed by atoms with van der Waals surface area (Å²) in [6, 6.07) is 8.32. The SMILES string of the molecule is CCN(CC)C(=O)CSc1nnc(SC(C)C(=O)NC2CCCc3ccccc32)n1N. The summed E-state index contributed by atoms with van der Waals surface area (Å²) in [5.41, 5.74) is 2.51. The quantitative estimate of drug-likeness (QED) is 0.436. The Labute approximate surface area is 191 Å². The first kappa shape index (κ1) is 23.5. The summed E-state index contributed by atoms with van der Waals surface area (Å²) in [6.45, 7) is 7.07. The molecular formula is C21H30N6O2S2. The van der Waals surface area contributed by atoms with E-state index in [1.54, 1.807) is 4.90 Å². The van der Waals surface area contributed by atoms with Gasteiger partial charge < -0.3 is 16.1 Å². The number of rotatable bonds is 9. The Morgan fingerprint density at radius 1 is 1.26 bits per heavy atom. The average Bonchev–Trinajstić information content (AvgIpc) is 3.12. The minimum atomic E-state index is -0.379. The molecule has 31 heavy (non-hydrogen) atoms. The smallest absolute Gasteiger partial charge is 0.233 e. The maximum Gasteiger partial charge on any atom is 0.233 e. The first-order chi connectivity index (χ1) is 14.9. The van der Waals surface area contributed by atoms with Crippen molar-refractivity contribution in [2.24, 2.45) is 0 Å². The van der Waals surface area contributed by atoms with Gasteiger partial charge in [-0.2, -0.15) is 0 Å². The molecule has 0 bridgehead atoms. The predicted octanol–water partition coefficient (Wildman–Crippen LogP) is 2.63. The molecule has 0 saturated carbocycles. The van der Waals surface area contributed by atoms with E-state index in [1.807, 2.05) is 32.9 Å². The highest BCUT2D eigenvalue weighted by molar-refractivity contribution is 8.00. The van der Waals surface area contributed by atoms with Crippen LogP contribution in [0.2, 0.25) is 0 Å². The fraction of sp³-hybridized carbons (Fsp3) is 0.524. The lowest BCUT2D eigenvalue weighted by Gasteiger charge is -2.27. The molecule has 1 aliphatic carbocycles. The van der Waals surface area contributed by atoms with Crippen LogP contribution in [0.4, 0.5) is 0 Å². The van der Waals surface area contributed by atoms with Crippen molar-refractivity contribution in [1.29, 1.82) is 0 Å². The highest BCUT2D eigenvalue weighted by atomic mass is 32.2. The van der Waals surface area contributed by atoms with Gasteiger partial charge in [0.1, 0.15) is 0 Å². The molecule has 3 N–H and O–H groups in total. The van der Waals surface area contributed by atoms with Crippen LogP contribution >= 0.6 is 23.5 Å². The van der Waals surface area contributed by atoms with Crippen LogP contribution in [-0.4, -0.2) is 55.7 Å². The number of nitrogen functional groups attached to an aromatic ring is 1. The number of fused-ring (bicyclic) bond motifs is 1. The number of nitrogens with zero attached hydrogens (tertiary/aromatic N) is 4. The Hall–Kier alpha value is -2.20. The van der Waals surface area contributed by atoms with Gasteiger partial charge >= 0.3 is 0 Å². The Kier molecular flexibility index (Phi) is 8.25. The third-order valence-electron chi connectivity index (χ3n) is 5.41. The molecular weight excluding hydrogens is 432 g/mol. The number of aromatic nitrogens is 3. The summed E-state index contributed by atoms with van der Waals surface area (Å²) in [6.07, 6.45) is 3.06. The van der Waals surface area contributed by atoms with Crippen LogP contribution in [0.15, 0.2) is 34.6 Å². The summed E-state index contributed by atoms with van der Waals surface area (Å²) < 4.78 is 1.35. The molecule has 3 rings (SSSR count). The van der Waals surface area contributed by atoms with Crippen LogP contribution in [0.25, 0.3) is 0 Å². The van der Waals surface area contributed by atoms with Crippen LogP contribution in [-0.2, 0) is 16.0 Å². The van der Waals surface area contributed by atoms with Gasteiger partial charge in [-0.3, -0.25) is 9.59 Å². The topological polar surface area (TPSA) is 106 Å². The zero-order chi connectivity index (χ0) is 22.4. The second-order valence-electron chi connectivity index (χ2n) is 7.40. The van der Waals surface area contributed by atoms with Crippen molar-refractivity contribution in [1.82, 2.24) is 25.1 Å². The molecule has 1 heterocycles. The van der Waals surface area contributed by atoms with E-state index in [0.29, 0.717) is 23.4 Å². The predicted molar refractivity (Wildman–Crippen MR) is 124 cm³/mol. The Bertz CT molecular complexity index is 915. The summed E-state index contributed by atoms with van der Waals surface area (Å²) in [7, 11) is 0. The first-order valence-electron chi connectivity index (χ1n) is 10.6. The zero-order valence-corrected chi connectivity index (χ0v) is 19.8. The number of carbonyl (C=O) groups is 2. The van der Waals surface area contributed by atoms with Gasteiger partial charge in [0.05, 0.1) is 17.0 Å². The fourth-order valence-corrected chi connectivity index (χ4v) is 5.24. The summed E-state index contributed by atoms with van der Waals surface area (Å²) >= 11 is 2.51. The fourth-order valence-electron chi connectivity index (χ4n) is 3.64. The van der Waals surface area contributed by atoms with Crippen LogP contribution in [0, 0.1) is 0 Å². The number of hydrogen-bond acceptors (Lipinski definition) is 7. The Balaban J connectivity index is 1.57. The standard InChI is InChI=1S/C21H30N6O2S2/c1-4-26(5-2)18(28)13-30-20-24-25-21(27(20)22)31-14(3)19(29)23-17-12-8-10-15-9-6-7-11-16(15)17/h6-7,9,11,14,17H,4-5,8,10,12-13,22H2,1-3H3,(H,23,29). The van der Waals surface area contributed by atoms with Crippen LogP contribution in [0.5, 0.6) is 0 Å². The number of benzene rings is 1. The monoisotopic (exact) mass is 462 g/mol. The normalized spacial score (nSPS) is 16.4. The highest BCUT2D eigenvalue weighted by Crippen LogP contribution is 2.30. The van der Waals surface area contributed by atoms with E-state index in [-0.39, 0.29) is 28.9 Å². The molecule has 168 valence electrons. The van der Waals surface area contributed by atoms with Gasteiger partial charge in [-0.1, -0.05) is 47.8 Å². The molecule has 2 amide bonds. The van der Waals surface area contributed by atoms with Gasteiger partial charge in [0.25, 0.3) is 0 Å². The first-order valence-corrected chi connectivity index (χ1v) is 12.5. The minimum Gasteiger partial charge on any atom is -0.348 e. The molecule has 0 fully saturated rings. The van der Waals surface area contributed by atoms with E-state index >= 15 is 0 Å². The van der Waals surface area contributed by atoms with Gasteiger partial charge in [0.15, 0.2) is 0 Å². The zero-order valence-electron chi connectivity index (χ0n) is 18.2. The molecule has 1 aromatic heterocycles. The third kappa shape index (κ3) is 5.74. The van der Waals surface area contributed by atoms with E-state index in [0.717, 1.165) is 19.3 Å². The van der Waals surface area contributed by atoms with Crippen molar-refractivity contribution >= 4 is 35.3 Å². The number of carbonyl (C=O) groups excluding carboxylic acids is 2. The van der Waals surface area contributed by atoms with Gasteiger partial charge in [0.2, 0.25) is 22.1 Å². The maximum atomic E-state index is 12.8. The van der Waals surface area contributed by atoms with E-state index < -0.39 is 0 Å². The van der Waals surface area contributed by atoms with Gasteiger partial charge in [-0.05, 0) is 51.2 Å². The maximum absolute atomic E-state index is 12.8. The van der Waals surface area contributed by atoms with E-state index in [2.05, 4.69) is 27.6 Å². The second-order valence-corrected chi connectivity index (χ2v) is 9.65. The summed E-state index contributed by atoms with van der Waals surface area (Å²) in [5.74, 6) is 6.35. The average molecular weight is 463 g/mol. The van der Waals surface area contributed by atoms with Crippen molar-refractivity contribution in [3.8, 4) is 0 Å². The molecule has 2 atom stereocenters. The van der Waals surface area contributed by atoms with Crippen molar-refractivity contribution in [2.75, 3.05) is 24.7 Å². The number of aryl methyl sites for hydroxylation is 1. The van der Waals surface area contributed by atoms with E-state index in [1.165, 1.54) is 39.3 Å². The molecule has 2 aromatic rings. The van der Waals surface area contributed by atoms with E-state index in [4.69, 9.17) is 5.84 Å². The second kappa shape index (κ2) is 10.9. The van der Waals surface area contributed by atoms with Gasteiger partial charge in [-0.25, -0.2) is 4.68 Å². The number of nitrogens with two attached hydrogens (primary N) is 1. The van der Waals surface area contributed by atoms with Crippen molar-refractivity contribution < 1.29 is 9.59 Å². The molecule has 0 saturated heterocycles. The molecule has 2 unspecified atom stereocenters. The molecule has 0 radical (unpaired) electrons. The molecule has 1 aliphatic rings. The molecule has 1 aromatic carbocycles. The number of hydrogen-bond donors (Lipinski definition) is 2. The Morgan fingerprint density at radius 3 is 2.71 bits per heavy atom. The lowest BCUT2D eigenvalue weighted by atomic mass is 9.88. The number of nitrogens with one attached hydrogen (secondary N) is 1. The Morgan fingerprint density at radius 2 is 1.97 bits per heavy atom. The molecule has 0 aliphatic heterocycles. The summed E-state index contributed by atoms with van der Waals surface area (Å²) in [5, 5.41) is 11.9.